The Balaban J connectivity index is 1.53. The molecule has 0 amide bonds. The van der Waals surface area contributed by atoms with E-state index in [0.29, 0.717) is 31.6 Å². The number of hydrogen-bond acceptors (Lipinski definition) is 5. The molecule has 2 N–H and O–H groups in total. The van der Waals surface area contributed by atoms with Crippen LogP contribution in [0.3, 0.4) is 0 Å². The molecule has 0 aromatic heterocycles. The molecule has 0 saturated carbocycles. The maximum atomic E-state index is 10.3. The van der Waals surface area contributed by atoms with Gasteiger partial charge in [0.05, 0.1) is 6.61 Å². The molecule has 1 aliphatic rings. The van der Waals surface area contributed by atoms with E-state index in [1.165, 1.54) is 11.1 Å². The van der Waals surface area contributed by atoms with E-state index < -0.39 is 6.10 Å². The minimum atomic E-state index is -0.489. The molecule has 5 nitrogen and oxygen atoms in total. The summed E-state index contributed by atoms with van der Waals surface area (Å²) in [5.74, 6) is 2.57. The van der Waals surface area contributed by atoms with Gasteiger partial charge in [0.25, 0.3) is 0 Å². The number of aliphatic hydroxyl groups is 1. The molecule has 1 saturated heterocycles. The Morgan fingerprint density at radius 2 is 1.44 bits per heavy atom. The molecule has 2 atom stereocenters. The smallest absolute Gasteiger partial charge is 0.119 e. The van der Waals surface area contributed by atoms with E-state index in [0.717, 1.165) is 37.7 Å². The third kappa shape index (κ3) is 7.11. The highest BCUT2D eigenvalue weighted by molar-refractivity contribution is 6.18. The summed E-state index contributed by atoms with van der Waals surface area (Å²) in [6.07, 6.45) is -0.489. The maximum Gasteiger partial charge on any atom is 0.119 e. The number of alkyl halides is 1. The lowest BCUT2D eigenvalue weighted by Crippen LogP contribution is -2.47. The number of nitrogens with zero attached hydrogens (tertiary/aromatic N) is 1. The predicted molar refractivity (Wildman–Crippen MR) is 131 cm³/mol. The minimum Gasteiger partial charge on any atom is -0.493 e. The Bertz CT molecular complexity index is 805. The van der Waals surface area contributed by atoms with Crippen LogP contribution in [0.2, 0.25) is 0 Å². The Hall–Kier alpha value is -1.79. The third-order valence-corrected chi connectivity index (χ3v) is 6.60. The van der Waals surface area contributed by atoms with Crippen LogP contribution in [0.1, 0.15) is 31.9 Å². The van der Waals surface area contributed by atoms with Crippen LogP contribution in [0.4, 0.5) is 0 Å². The van der Waals surface area contributed by atoms with Gasteiger partial charge in [-0.25, -0.2) is 0 Å². The molecule has 0 bridgehead atoms. The highest BCUT2D eigenvalue weighted by Crippen LogP contribution is 2.33. The summed E-state index contributed by atoms with van der Waals surface area (Å²) in [6.45, 7) is 12.0. The summed E-state index contributed by atoms with van der Waals surface area (Å²) in [6, 6.07) is 16.5. The molecule has 0 radical (unpaired) electrons. The average Bonchev–Trinajstić information content (AvgIpc) is 2.82. The topological polar surface area (TPSA) is 54.0 Å². The molecule has 0 aliphatic carbocycles. The molecule has 0 unspecified atom stereocenters. The normalized spacial score (nSPS) is 17.0. The van der Waals surface area contributed by atoms with Crippen LogP contribution in [0, 0.1) is 5.92 Å². The van der Waals surface area contributed by atoms with Crippen molar-refractivity contribution >= 4 is 11.6 Å². The van der Waals surface area contributed by atoms with E-state index in [1.807, 2.05) is 24.3 Å². The maximum absolute atomic E-state index is 10.3. The lowest BCUT2D eigenvalue weighted by atomic mass is 9.78. The Morgan fingerprint density at radius 3 is 1.94 bits per heavy atom. The van der Waals surface area contributed by atoms with Crippen LogP contribution in [0.15, 0.2) is 48.5 Å². The van der Waals surface area contributed by atoms with Gasteiger partial charge >= 0.3 is 0 Å². The van der Waals surface area contributed by atoms with E-state index in [2.05, 4.69) is 55.3 Å². The SMILES string of the molecule is C[C@@H](CCl)COc1ccc(C(C)(C)c2ccc(OC[C@@H](O)CN3CCNCC3)cc2)cc1. The van der Waals surface area contributed by atoms with Crippen molar-refractivity contribution in [2.45, 2.75) is 32.3 Å². The Morgan fingerprint density at radius 1 is 0.938 bits per heavy atom. The first-order valence-electron chi connectivity index (χ1n) is 11.5. The fourth-order valence-corrected chi connectivity index (χ4v) is 3.91. The van der Waals surface area contributed by atoms with Crippen LogP contribution in [0.5, 0.6) is 11.5 Å². The van der Waals surface area contributed by atoms with E-state index in [1.54, 1.807) is 0 Å². The van der Waals surface area contributed by atoms with Crippen LogP contribution in [-0.2, 0) is 5.41 Å². The van der Waals surface area contributed by atoms with Gasteiger partial charge < -0.3 is 19.9 Å². The summed E-state index contributed by atoms with van der Waals surface area (Å²) in [5.41, 5.74) is 2.27. The summed E-state index contributed by atoms with van der Waals surface area (Å²) in [5, 5.41) is 13.6. The van der Waals surface area contributed by atoms with E-state index in [4.69, 9.17) is 21.1 Å². The van der Waals surface area contributed by atoms with Gasteiger partial charge in [0.2, 0.25) is 0 Å². The standard InChI is InChI=1S/C26H37ClN2O3/c1-20(16-27)18-31-24-8-4-21(5-9-24)26(2,3)22-6-10-25(11-7-22)32-19-23(30)17-29-14-12-28-13-15-29/h4-11,20,23,28,30H,12-19H2,1-3H3/t20-,23-/m0/s1. The minimum absolute atomic E-state index is 0.150. The number of benzene rings is 2. The fourth-order valence-electron chi connectivity index (χ4n) is 3.82. The highest BCUT2D eigenvalue weighted by Gasteiger charge is 2.23. The number of nitrogens with one attached hydrogen (secondary N) is 1. The highest BCUT2D eigenvalue weighted by atomic mass is 35.5. The molecule has 3 rings (SSSR count). The van der Waals surface area contributed by atoms with Gasteiger partial charge in [-0.15, -0.1) is 11.6 Å². The van der Waals surface area contributed by atoms with Gasteiger partial charge in [-0.1, -0.05) is 45.0 Å². The fraction of sp³-hybridized carbons (Fsp3) is 0.538. The van der Waals surface area contributed by atoms with Gasteiger partial charge in [-0.05, 0) is 35.4 Å². The molecule has 1 fully saturated rings. The second-order valence-corrected chi connectivity index (χ2v) is 9.57. The van der Waals surface area contributed by atoms with Crippen molar-refractivity contribution in [1.82, 2.24) is 10.2 Å². The van der Waals surface area contributed by atoms with Gasteiger partial charge in [0.1, 0.15) is 24.2 Å². The number of piperazine rings is 1. The zero-order valence-electron chi connectivity index (χ0n) is 19.5. The molecule has 32 heavy (non-hydrogen) atoms. The number of aliphatic hydroxyl groups excluding tert-OH is 1. The zero-order valence-corrected chi connectivity index (χ0v) is 20.3. The predicted octanol–water partition coefficient (Wildman–Crippen LogP) is 3.91. The zero-order chi connectivity index (χ0) is 23.0. The number of ether oxygens (including phenoxy) is 2. The number of β-amino-alcohol motifs (C(OH)–C–C–N with tert-alkyl or cyclic N) is 1. The molecule has 0 spiro atoms. The molecule has 1 heterocycles. The summed E-state index contributed by atoms with van der Waals surface area (Å²) in [7, 11) is 0. The average molecular weight is 461 g/mol. The summed E-state index contributed by atoms with van der Waals surface area (Å²) >= 11 is 5.85. The molecule has 2 aromatic rings. The van der Waals surface area contributed by atoms with Gasteiger partial charge in [-0.2, -0.15) is 0 Å². The van der Waals surface area contributed by atoms with Crippen molar-refractivity contribution in [1.29, 1.82) is 0 Å². The molecule has 6 heteroatoms. The van der Waals surface area contributed by atoms with Crippen LogP contribution in [-0.4, -0.2) is 67.9 Å². The van der Waals surface area contributed by atoms with Crippen molar-refractivity contribution in [3.63, 3.8) is 0 Å². The Labute approximate surface area is 197 Å². The van der Waals surface area contributed by atoms with Crippen LogP contribution >= 0.6 is 11.6 Å². The summed E-state index contributed by atoms with van der Waals surface area (Å²) in [4.78, 5) is 2.27. The van der Waals surface area contributed by atoms with Crippen molar-refractivity contribution in [3.8, 4) is 11.5 Å². The quantitative estimate of drug-likeness (QED) is 0.498. The summed E-state index contributed by atoms with van der Waals surface area (Å²) < 4.78 is 11.6. The monoisotopic (exact) mass is 460 g/mol. The van der Waals surface area contributed by atoms with E-state index in [9.17, 15) is 5.11 Å². The van der Waals surface area contributed by atoms with Crippen molar-refractivity contribution < 1.29 is 14.6 Å². The van der Waals surface area contributed by atoms with Crippen molar-refractivity contribution in [3.05, 3.63) is 59.7 Å². The van der Waals surface area contributed by atoms with Gasteiger partial charge in [-0.3, -0.25) is 4.90 Å². The lowest BCUT2D eigenvalue weighted by Gasteiger charge is -2.29. The second kappa shape index (κ2) is 11.9. The third-order valence-electron chi connectivity index (χ3n) is 6.07. The largest absolute Gasteiger partial charge is 0.493 e. The molecular weight excluding hydrogens is 424 g/mol. The van der Waals surface area contributed by atoms with E-state index in [-0.39, 0.29) is 5.41 Å². The molecule has 176 valence electrons. The first kappa shape index (κ1) is 24.8. The lowest BCUT2D eigenvalue weighted by molar-refractivity contribution is 0.0641. The van der Waals surface area contributed by atoms with Gasteiger partial charge in [0.15, 0.2) is 0 Å². The van der Waals surface area contributed by atoms with Crippen molar-refractivity contribution in [2.75, 3.05) is 51.8 Å². The molecule has 1 aliphatic heterocycles. The van der Waals surface area contributed by atoms with Crippen molar-refractivity contribution in [2.24, 2.45) is 5.92 Å². The van der Waals surface area contributed by atoms with Crippen LogP contribution in [0.25, 0.3) is 0 Å². The number of halogens is 1. The second-order valence-electron chi connectivity index (χ2n) is 9.26. The van der Waals surface area contributed by atoms with Crippen LogP contribution < -0.4 is 14.8 Å². The first-order valence-corrected chi connectivity index (χ1v) is 12.1. The van der Waals surface area contributed by atoms with E-state index >= 15 is 0 Å². The first-order chi connectivity index (χ1) is 15.4. The molecular formula is C26H37ClN2O3. The van der Waals surface area contributed by atoms with Gasteiger partial charge in [0, 0.05) is 49.9 Å². The molecule has 2 aromatic carbocycles. The Kier molecular flexibility index (Phi) is 9.23. The number of rotatable bonds is 11. The number of hydrogen-bond donors (Lipinski definition) is 2.